The normalized spacial score (nSPS) is 12.8. The molecule has 40 heavy (non-hydrogen) atoms. The van der Waals surface area contributed by atoms with Gasteiger partial charge in [-0.25, -0.2) is 8.42 Å². The van der Waals surface area contributed by atoms with E-state index in [0.717, 1.165) is 28.7 Å². The molecule has 0 spiro atoms. The number of amides is 2. The first kappa shape index (κ1) is 30.9. The Labute approximate surface area is 239 Å². The lowest BCUT2D eigenvalue weighted by molar-refractivity contribution is -0.140. The molecule has 3 aromatic rings. The van der Waals surface area contributed by atoms with E-state index in [9.17, 15) is 18.0 Å². The highest BCUT2D eigenvalue weighted by molar-refractivity contribution is 7.92. The summed E-state index contributed by atoms with van der Waals surface area (Å²) in [5.41, 5.74) is 3.94. The van der Waals surface area contributed by atoms with Crippen LogP contribution in [0.5, 0.6) is 0 Å². The van der Waals surface area contributed by atoms with Crippen LogP contribution >= 0.6 is 0 Å². The summed E-state index contributed by atoms with van der Waals surface area (Å²) in [5, 5.41) is 3.01. The molecular weight excluding hydrogens is 522 g/mol. The molecule has 2 amide bonds. The minimum Gasteiger partial charge on any atom is -0.352 e. The molecule has 3 rings (SSSR count). The molecule has 0 fully saturated rings. The van der Waals surface area contributed by atoms with Crippen molar-refractivity contribution in [3.05, 3.63) is 95.1 Å². The number of nitrogens with one attached hydrogen (secondary N) is 1. The Morgan fingerprint density at radius 2 is 1.52 bits per heavy atom. The molecule has 0 saturated carbocycles. The van der Waals surface area contributed by atoms with Crippen LogP contribution in [-0.2, 0) is 26.2 Å². The third kappa shape index (κ3) is 7.50. The van der Waals surface area contributed by atoms with Crippen molar-refractivity contribution in [2.45, 2.75) is 77.9 Å². The first-order valence-electron chi connectivity index (χ1n) is 13.8. The fraction of sp³-hybridized carbons (Fsp3) is 0.375. The zero-order chi connectivity index (χ0) is 29.4. The SMILES string of the molecule is CC[C@@H](C)NC(=O)[C@H](CC)N(Cc1cccc(C)c1)C(=O)CN(c1cc(C)ccc1C)S(=O)(=O)c1ccccc1. The second-order valence-electron chi connectivity index (χ2n) is 10.4. The summed E-state index contributed by atoms with van der Waals surface area (Å²) in [6.07, 6.45) is 1.14. The monoisotopic (exact) mass is 563 g/mol. The van der Waals surface area contributed by atoms with E-state index in [4.69, 9.17) is 0 Å². The van der Waals surface area contributed by atoms with Gasteiger partial charge in [0.1, 0.15) is 12.6 Å². The molecule has 0 aliphatic heterocycles. The zero-order valence-electron chi connectivity index (χ0n) is 24.3. The quantitative estimate of drug-likeness (QED) is 0.314. The van der Waals surface area contributed by atoms with Gasteiger partial charge in [0.2, 0.25) is 11.8 Å². The molecule has 0 unspecified atom stereocenters. The van der Waals surface area contributed by atoms with E-state index >= 15 is 0 Å². The van der Waals surface area contributed by atoms with E-state index < -0.39 is 28.5 Å². The summed E-state index contributed by atoms with van der Waals surface area (Å²) >= 11 is 0. The molecule has 0 radical (unpaired) electrons. The minimum atomic E-state index is -4.09. The van der Waals surface area contributed by atoms with Gasteiger partial charge >= 0.3 is 0 Å². The summed E-state index contributed by atoms with van der Waals surface area (Å²) in [6, 6.07) is 20.6. The number of hydrogen-bond acceptors (Lipinski definition) is 4. The van der Waals surface area contributed by atoms with Crippen LogP contribution in [0.25, 0.3) is 0 Å². The maximum absolute atomic E-state index is 14.2. The van der Waals surface area contributed by atoms with Gasteiger partial charge in [-0.05, 0) is 75.4 Å². The maximum Gasteiger partial charge on any atom is 0.264 e. The lowest BCUT2D eigenvalue weighted by Gasteiger charge is -2.34. The summed E-state index contributed by atoms with van der Waals surface area (Å²) in [6.45, 7) is 11.2. The molecule has 1 N–H and O–H groups in total. The Morgan fingerprint density at radius 1 is 0.850 bits per heavy atom. The molecule has 0 aliphatic rings. The number of rotatable bonds is 12. The van der Waals surface area contributed by atoms with Gasteiger partial charge in [-0.2, -0.15) is 0 Å². The number of sulfonamides is 1. The van der Waals surface area contributed by atoms with Gasteiger partial charge in [-0.1, -0.05) is 74.0 Å². The molecule has 2 atom stereocenters. The summed E-state index contributed by atoms with van der Waals surface area (Å²) in [7, 11) is -4.09. The van der Waals surface area contributed by atoms with Crippen LogP contribution in [-0.4, -0.2) is 43.8 Å². The summed E-state index contributed by atoms with van der Waals surface area (Å²) < 4.78 is 29.2. The van der Waals surface area contributed by atoms with E-state index in [0.29, 0.717) is 12.1 Å². The average molecular weight is 564 g/mol. The number of nitrogens with zero attached hydrogens (tertiary/aromatic N) is 2. The van der Waals surface area contributed by atoms with Gasteiger partial charge in [0.25, 0.3) is 10.0 Å². The number of benzene rings is 3. The van der Waals surface area contributed by atoms with Gasteiger partial charge < -0.3 is 10.2 Å². The van der Waals surface area contributed by atoms with Crippen molar-refractivity contribution in [1.82, 2.24) is 10.2 Å². The van der Waals surface area contributed by atoms with Crippen molar-refractivity contribution in [2.24, 2.45) is 0 Å². The fourth-order valence-corrected chi connectivity index (χ4v) is 6.08. The molecule has 3 aromatic carbocycles. The lowest BCUT2D eigenvalue weighted by Crippen LogP contribution is -2.53. The molecule has 0 aliphatic carbocycles. The van der Waals surface area contributed by atoms with E-state index in [1.54, 1.807) is 24.3 Å². The van der Waals surface area contributed by atoms with E-state index in [-0.39, 0.29) is 23.4 Å². The van der Waals surface area contributed by atoms with Crippen LogP contribution in [0.1, 0.15) is 55.9 Å². The van der Waals surface area contributed by atoms with Crippen molar-refractivity contribution in [2.75, 3.05) is 10.8 Å². The maximum atomic E-state index is 14.2. The molecule has 7 nitrogen and oxygen atoms in total. The summed E-state index contributed by atoms with van der Waals surface area (Å²) in [4.78, 5) is 29.2. The van der Waals surface area contributed by atoms with Crippen molar-refractivity contribution in [1.29, 1.82) is 0 Å². The average Bonchev–Trinajstić information content (AvgIpc) is 2.93. The number of hydrogen-bond donors (Lipinski definition) is 1. The van der Waals surface area contributed by atoms with Crippen LogP contribution in [0.4, 0.5) is 5.69 Å². The second kappa shape index (κ2) is 13.6. The highest BCUT2D eigenvalue weighted by atomic mass is 32.2. The predicted octanol–water partition coefficient (Wildman–Crippen LogP) is 5.53. The third-order valence-electron chi connectivity index (χ3n) is 7.07. The van der Waals surface area contributed by atoms with E-state index in [1.807, 2.05) is 77.9 Å². The first-order valence-corrected chi connectivity index (χ1v) is 15.2. The number of carbonyl (C=O) groups is 2. The Hall–Kier alpha value is -3.65. The van der Waals surface area contributed by atoms with Crippen LogP contribution in [0.2, 0.25) is 0 Å². The van der Waals surface area contributed by atoms with Gasteiger partial charge in [0.15, 0.2) is 0 Å². The smallest absolute Gasteiger partial charge is 0.264 e. The van der Waals surface area contributed by atoms with E-state index in [1.165, 1.54) is 21.3 Å². The van der Waals surface area contributed by atoms with Crippen molar-refractivity contribution < 1.29 is 18.0 Å². The Kier molecular flexibility index (Phi) is 10.5. The molecule has 0 aromatic heterocycles. The second-order valence-corrected chi connectivity index (χ2v) is 12.2. The molecule has 0 bridgehead atoms. The Morgan fingerprint density at radius 3 is 2.15 bits per heavy atom. The number of aryl methyl sites for hydroxylation is 3. The molecular formula is C32H41N3O4S. The highest BCUT2D eigenvalue weighted by Crippen LogP contribution is 2.28. The van der Waals surface area contributed by atoms with Crippen molar-refractivity contribution in [3.8, 4) is 0 Å². The first-order chi connectivity index (χ1) is 19.0. The molecule has 8 heteroatoms. The van der Waals surface area contributed by atoms with Gasteiger partial charge in [-0.15, -0.1) is 0 Å². The van der Waals surface area contributed by atoms with Gasteiger partial charge in [-0.3, -0.25) is 13.9 Å². The largest absolute Gasteiger partial charge is 0.352 e. The highest BCUT2D eigenvalue weighted by Gasteiger charge is 2.34. The number of carbonyl (C=O) groups excluding carboxylic acids is 2. The van der Waals surface area contributed by atoms with Crippen LogP contribution < -0.4 is 9.62 Å². The van der Waals surface area contributed by atoms with E-state index in [2.05, 4.69) is 5.32 Å². The molecule has 0 heterocycles. The molecule has 0 saturated heterocycles. The van der Waals surface area contributed by atoms with Crippen LogP contribution in [0, 0.1) is 20.8 Å². The third-order valence-corrected chi connectivity index (χ3v) is 8.84. The Bertz CT molecular complexity index is 1420. The number of anilines is 1. The van der Waals surface area contributed by atoms with Crippen LogP contribution in [0.15, 0.2) is 77.7 Å². The topological polar surface area (TPSA) is 86.8 Å². The molecule has 214 valence electrons. The minimum absolute atomic E-state index is 0.0534. The standard InChI is InChI=1S/C32H41N3O4S/c1-7-26(6)33-32(37)29(8-2)34(21-27-14-12-13-23(3)19-27)31(36)22-35(30-20-24(4)17-18-25(30)5)40(38,39)28-15-10-9-11-16-28/h9-20,26,29H,7-8,21-22H2,1-6H3,(H,33,37)/t26-,29+/m1/s1. The van der Waals surface area contributed by atoms with Crippen LogP contribution in [0.3, 0.4) is 0 Å². The van der Waals surface area contributed by atoms with Gasteiger partial charge in [0.05, 0.1) is 10.6 Å². The van der Waals surface area contributed by atoms with Crippen molar-refractivity contribution in [3.63, 3.8) is 0 Å². The predicted molar refractivity (Wildman–Crippen MR) is 161 cm³/mol. The van der Waals surface area contributed by atoms with Gasteiger partial charge in [0, 0.05) is 12.6 Å². The lowest BCUT2D eigenvalue weighted by atomic mass is 10.1. The van der Waals surface area contributed by atoms with Crippen molar-refractivity contribution >= 4 is 27.5 Å². The zero-order valence-corrected chi connectivity index (χ0v) is 25.2. The Balaban J connectivity index is 2.09. The summed E-state index contributed by atoms with van der Waals surface area (Å²) in [5.74, 6) is -0.699. The fourth-order valence-electron chi connectivity index (χ4n) is 4.59.